The fourth-order valence-corrected chi connectivity index (χ4v) is 4.39. The van der Waals surface area contributed by atoms with E-state index in [0.29, 0.717) is 4.99 Å². The Morgan fingerprint density at radius 3 is 2.52 bits per heavy atom. The maximum Gasteiger partial charge on any atom is 0.131 e. The van der Waals surface area contributed by atoms with Gasteiger partial charge in [0, 0.05) is 4.90 Å². The average Bonchev–Trinajstić information content (AvgIpc) is 2.37. The van der Waals surface area contributed by atoms with Gasteiger partial charge < -0.3 is 10.5 Å². The van der Waals surface area contributed by atoms with E-state index in [1.54, 1.807) is 11.8 Å². The third-order valence-corrected chi connectivity index (χ3v) is 5.11. The second-order valence-corrected chi connectivity index (χ2v) is 7.83. The molecular formula is C17H25NOS2. The van der Waals surface area contributed by atoms with Gasteiger partial charge in [-0.05, 0) is 49.0 Å². The van der Waals surface area contributed by atoms with Crippen molar-refractivity contribution >= 4 is 29.0 Å². The van der Waals surface area contributed by atoms with Gasteiger partial charge in [0.15, 0.2) is 0 Å². The van der Waals surface area contributed by atoms with Crippen LogP contribution in [0.15, 0.2) is 23.1 Å². The average molecular weight is 324 g/mol. The van der Waals surface area contributed by atoms with Gasteiger partial charge in [-0.15, -0.1) is 11.8 Å². The number of thioether (sulfide) groups is 1. The lowest BCUT2D eigenvalue weighted by Crippen LogP contribution is -2.29. The molecule has 1 aromatic rings. The van der Waals surface area contributed by atoms with Crippen molar-refractivity contribution in [3.63, 3.8) is 0 Å². The van der Waals surface area contributed by atoms with Crippen molar-refractivity contribution in [2.75, 3.05) is 5.75 Å². The lowest BCUT2D eigenvalue weighted by atomic mass is 9.82. The number of thiocarbonyl (C=S) groups is 1. The summed E-state index contributed by atoms with van der Waals surface area (Å²) in [5.41, 5.74) is 6.85. The van der Waals surface area contributed by atoms with Crippen LogP contribution in [0.4, 0.5) is 0 Å². The Kier molecular flexibility index (Phi) is 5.94. The first kappa shape index (κ1) is 16.6. The van der Waals surface area contributed by atoms with E-state index < -0.39 is 0 Å². The minimum Gasteiger partial charge on any atom is -0.490 e. The Balaban J connectivity index is 2.22. The summed E-state index contributed by atoms with van der Waals surface area (Å²) in [7, 11) is 0. The predicted molar refractivity (Wildman–Crippen MR) is 95.3 cm³/mol. The minimum atomic E-state index is 0.277. The lowest BCUT2D eigenvalue weighted by Gasteiger charge is -2.32. The van der Waals surface area contributed by atoms with Crippen LogP contribution in [0.25, 0.3) is 0 Å². The predicted octanol–water partition coefficient (Wildman–Crippen LogP) is 4.64. The van der Waals surface area contributed by atoms with Crippen LogP contribution in [-0.2, 0) is 0 Å². The first-order valence-electron chi connectivity index (χ1n) is 7.73. The molecule has 1 aliphatic carbocycles. The first-order valence-corrected chi connectivity index (χ1v) is 9.12. The molecule has 4 heteroatoms. The van der Waals surface area contributed by atoms with Gasteiger partial charge >= 0.3 is 0 Å². The third kappa shape index (κ3) is 4.36. The summed E-state index contributed by atoms with van der Waals surface area (Å²) in [6.45, 7) is 6.75. The maximum absolute atomic E-state index is 6.29. The molecule has 0 aliphatic heterocycles. The largest absolute Gasteiger partial charge is 0.490 e. The molecule has 1 fully saturated rings. The summed E-state index contributed by atoms with van der Waals surface area (Å²) < 4.78 is 6.29. The topological polar surface area (TPSA) is 35.2 Å². The smallest absolute Gasteiger partial charge is 0.131 e. The van der Waals surface area contributed by atoms with Crippen LogP contribution in [0.2, 0.25) is 0 Å². The Morgan fingerprint density at radius 2 is 1.95 bits per heavy atom. The fraction of sp³-hybridized carbons (Fsp3) is 0.588. The summed E-state index contributed by atoms with van der Waals surface area (Å²) in [6.07, 6.45) is 3.81. The molecule has 0 aromatic heterocycles. The normalized spacial score (nSPS) is 25.6. The van der Waals surface area contributed by atoms with Crippen LogP contribution in [-0.4, -0.2) is 16.8 Å². The highest BCUT2D eigenvalue weighted by Crippen LogP contribution is 2.35. The van der Waals surface area contributed by atoms with E-state index in [1.807, 2.05) is 12.1 Å². The number of ether oxygens (including phenoxy) is 1. The summed E-state index contributed by atoms with van der Waals surface area (Å²) in [5, 5.41) is 0. The highest BCUT2D eigenvalue weighted by Gasteiger charge is 2.26. The molecule has 1 aromatic carbocycles. The molecule has 0 bridgehead atoms. The van der Waals surface area contributed by atoms with Crippen molar-refractivity contribution < 1.29 is 4.74 Å². The van der Waals surface area contributed by atoms with Gasteiger partial charge in [0.25, 0.3) is 0 Å². The summed E-state index contributed by atoms with van der Waals surface area (Å²) in [5.74, 6) is 3.30. The van der Waals surface area contributed by atoms with Gasteiger partial charge in [-0.2, -0.15) is 0 Å². The van der Waals surface area contributed by atoms with Gasteiger partial charge in [-0.3, -0.25) is 0 Å². The first-order chi connectivity index (χ1) is 10.0. The molecule has 2 unspecified atom stereocenters. The zero-order valence-electron chi connectivity index (χ0n) is 13.1. The number of hydrogen-bond acceptors (Lipinski definition) is 3. The molecule has 0 amide bonds. The SMILES string of the molecule is CCSc1cccc(OC2CC(C)CC(C)C2)c1C(N)=S. The van der Waals surface area contributed by atoms with Crippen molar-refractivity contribution in [3.05, 3.63) is 23.8 Å². The Morgan fingerprint density at radius 1 is 1.29 bits per heavy atom. The van der Waals surface area contributed by atoms with Crippen LogP contribution in [0.3, 0.4) is 0 Å². The molecule has 1 saturated carbocycles. The van der Waals surface area contributed by atoms with Crippen LogP contribution >= 0.6 is 24.0 Å². The molecule has 1 aliphatic rings. The minimum absolute atomic E-state index is 0.277. The molecule has 0 radical (unpaired) electrons. The lowest BCUT2D eigenvalue weighted by molar-refractivity contribution is 0.101. The molecule has 0 spiro atoms. The summed E-state index contributed by atoms with van der Waals surface area (Å²) in [4.78, 5) is 1.55. The quantitative estimate of drug-likeness (QED) is 0.632. The van der Waals surface area contributed by atoms with Crippen molar-refractivity contribution in [1.29, 1.82) is 0 Å². The molecule has 21 heavy (non-hydrogen) atoms. The van der Waals surface area contributed by atoms with E-state index in [1.165, 1.54) is 6.42 Å². The van der Waals surface area contributed by atoms with Crippen molar-refractivity contribution in [2.24, 2.45) is 17.6 Å². The highest BCUT2D eigenvalue weighted by atomic mass is 32.2. The third-order valence-electron chi connectivity index (χ3n) is 3.96. The molecule has 2 rings (SSSR count). The fourth-order valence-electron chi connectivity index (χ4n) is 3.28. The zero-order valence-corrected chi connectivity index (χ0v) is 14.7. The second kappa shape index (κ2) is 7.50. The molecule has 0 heterocycles. The van der Waals surface area contributed by atoms with Crippen LogP contribution in [0, 0.1) is 11.8 Å². The van der Waals surface area contributed by atoms with Gasteiger partial charge in [0.2, 0.25) is 0 Å². The highest BCUT2D eigenvalue weighted by molar-refractivity contribution is 7.99. The van der Waals surface area contributed by atoms with Crippen molar-refractivity contribution in [1.82, 2.24) is 0 Å². The molecule has 2 N–H and O–H groups in total. The van der Waals surface area contributed by atoms with E-state index >= 15 is 0 Å². The maximum atomic E-state index is 6.29. The second-order valence-electron chi connectivity index (χ2n) is 6.08. The number of rotatable bonds is 5. The van der Waals surface area contributed by atoms with E-state index in [9.17, 15) is 0 Å². The Hall–Kier alpha value is -0.740. The van der Waals surface area contributed by atoms with Gasteiger partial charge in [-0.25, -0.2) is 0 Å². The standard InChI is InChI=1S/C17H25NOS2/c1-4-21-15-7-5-6-14(16(15)17(18)20)19-13-9-11(2)8-12(3)10-13/h5-7,11-13H,4,8-10H2,1-3H3,(H2,18,20). The molecule has 2 nitrogen and oxygen atoms in total. The van der Waals surface area contributed by atoms with E-state index in [2.05, 4.69) is 26.8 Å². The number of hydrogen-bond donors (Lipinski definition) is 1. The zero-order chi connectivity index (χ0) is 15.4. The van der Waals surface area contributed by atoms with Gasteiger partial charge in [-0.1, -0.05) is 39.1 Å². The summed E-state index contributed by atoms with van der Waals surface area (Å²) in [6, 6.07) is 6.10. The van der Waals surface area contributed by atoms with Crippen LogP contribution in [0.5, 0.6) is 5.75 Å². The van der Waals surface area contributed by atoms with Gasteiger partial charge in [0.05, 0.1) is 11.7 Å². The molecule has 2 atom stereocenters. The van der Waals surface area contributed by atoms with E-state index in [4.69, 9.17) is 22.7 Å². The number of nitrogens with two attached hydrogens (primary N) is 1. The van der Waals surface area contributed by atoms with E-state index in [0.717, 1.165) is 46.6 Å². The molecule has 0 saturated heterocycles. The monoisotopic (exact) mass is 323 g/mol. The van der Waals surface area contributed by atoms with Crippen LogP contribution in [0.1, 0.15) is 45.6 Å². The Bertz CT molecular complexity index is 494. The number of benzene rings is 1. The van der Waals surface area contributed by atoms with Gasteiger partial charge in [0.1, 0.15) is 10.7 Å². The van der Waals surface area contributed by atoms with Crippen LogP contribution < -0.4 is 10.5 Å². The Labute approximate surface area is 137 Å². The van der Waals surface area contributed by atoms with Crippen molar-refractivity contribution in [3.8, 4) is 5.75 Å². The molecular weight excluding hydrogens is 298 g/mol. The van der Waals surface area contributed by atoms with E-state index in [-0.39, 0.29) is 6.10 Å². The molecule has 116 valence electrons. The van der Waals surface area contributed by atoms with Crippen molar-refractivity contribution in [2.45, 2.75) is 51.0 Å². The summed E-state index contributed by atoms with van der Waals surface area (Å²) >= 11 is 7.01.